The van der Waals surface area contributed by atoms with E-state index in [4.69, 9.17) is 11.6 Å². The Morgan fingerprint density at radius 1 is 1.22 bits per heavy atom. The first-order chi connectivity index (χ1) is 8.70. The molecule has 100 valence electrons. The van der Waals surface area contributed by atoms with Gasteiger partial charge in [0.05, 0.1) is 0 Å². The smallest absolute Gasteiger partial charge is 0.130 e. The molecule has 2 atom stereocenters. The van der Waals surface area contributed by atoms with Gasteiger partial charge in [-0.15, -0.1) is 11.6 Å². The SMILES string of the molecule is Fc1ccc(CNCC2CCCC2CCl)c(F)c1. The Hall–Kier alpha value is -0.670. The number of nitrogens with one attached hydrogen (secondary N) is 1. The van der Waals surface area contributed by atoms with Crippen molar-refractivity contribution < 1.29 is 8.78 Å². The number of halogens is 3. The van der Waals surface area contributed by atoms with Gasteiger partial charge >= 0.3 is 0 Å². The summed E-state index contributed by atoms with van der Waals surface area (Å²) in [5.41, 5.74) is 0.511. The topological polar surface area (TPSA) is 12.0 Å². The molecule has 1 aliphatic carbocycles. The Bertz CT molecular complexity index is 397. The Labute approximate surface area is 112 Å². The number of alkyl halides is 1. The van der Waals surface area contributed by atoms with Gasteiger partial charge in [-0.3, -0.25) is 0 Å². The summed E-state index contributed by atoms with van der Waals surface area (Å²) in [6.07, 6.45) is 3.62. The van der Waals surface area contributed by atoms with Crippen molar-refractivity contribution >= 4 is 11.6 Å². The maximum Gasteiger partial charge on any atom is 0.130 e. The maximum atomic E-state index is 13.4. The van der Waals surface area contributed by atoms with Crippen LogP contribution in [0.5, 0.6) is 0 Å². The van der Waals surface area contributed by atoms with Gasteiger partial charge in [0, 0.05) is 24.1 Å². The zero-order valence-electron chi connectivity index (χ0n) is 10.3. The summed E-state index contributed by atoms with van der Waals surface area (Å²) in [5.74, 6) is 0.859. The summed E-state index contributed by atoms with van der Waals surface area (Å²) in [5, 5.41) is 3.25. The first-order valence-corrected chi connectivity index (χ1v) is 6.94. The molecule has 2 rings (SSSR count). The van der Waals surface area contributed by atoms with Crippen LogP contribution in [-0.2, 0) is 6.54 Å². The molecule has 1 aromatic carbocycles. The van der Waals surface area contributed by atoms with Gasteiger partial charge < -0.3 is 5.32 Å². The fraction of sp³-hybridized carbons (Fsp3) is 0.571. The highest BCUT2D eigenvalue weighted by Crippen LogP contribution is 2.31. The molecule has 1 N–H and O–H groups in total. The van der Waals surface area contributed by atoms with Crippen molar-refractivity contribution in [3.8, 4) is 0 Å². The monoisotopic (exact) mass is 273 g/mol. The van der Waals surface area contributed by atoms with E-state index in [9.17, 15) is 8.78 Å². The van der Waals surface area contributed by atoms with Crippen molar-refractivity contribution in [2.45, 2.75) is 25.8 Å². The molecule has 0 spiro atoms. The third-order valence-corrected chi connectivity index (χ3v) is 4.15. The van der Waals surface area contributed by atoms with Gasteiger partial charge in [-0.2, -0.15) is 0 Å². The van der Waals surface area contributed by atoms with Crippen LogP contribution in [-0.4, -0.2) is 12.4 Å². The second-order valence-corrected chi connectivity index (χ2v) is 5.28. The van der Waals surface area contributed by atoms with Gasteiger partial charge in [-0.25, -0.2) is 8.78 Å². The van der Waals surface area contributed by atoms with E-state index in [1.165, 1.54) is 31.4 Å². The lowest BCUT2D eigenvalue weighted by Gasteiger charge is -2.17. The van der Waals surface area contributed by atoms with E-state index in [0.29, 0.717) is 29.8 Å². The highest BCUT2D eigenvalue weighted by Gasteiger charge is 2.25. The van der Waals surface area contributed by atoms with Crippen molar-refractivity contribution in [3.05, 3.63) is 35.4 Å². The third-order valence-electron chi connectivity index (χ3n) is 3.75. The van der Waals surface area contributed by atoms with Crippen LogP contribution in [0.4, 0.5) is 8.78 Å². The van der Waals surface area contributed by atoms with E-state index in [-0.39, 0.29) is 0 Å². The zero-order valence-corrected chi connectivity index (χ0v) is 11.0. The van der Waals surface area contributed by atoms with Crippen LogP contribution in [0.1, 0.15) is 24.8 Å². The van der Waals surface area contributed by atoms with E-state index < -0.39 is 11.6 Å². The van der Waals surface area contributed by atoms with Crippen LogP contribution in [0.25, 0.3) is 0 Å². The molecule has 1 aliphatic rings. The predicted molar refractivity (Wildman–Crippen MR) is 69.6 cm³/mol. The molecule has 18 heavy (non-hydrogen) atoms. The standard InChI is InChI=1S/C14H18ClF2N/c15-7-10-2-1-3-11(10)8-18-9-12-4-5-13(16)6-14(12)17/h4-6,10-11,18H,1-3,7-9H2. The molecule has 0 amide bonds. The Morgan fingerprint density at radius 2 is 2.00 bits per heavy atom. The lowest BCUT2D eigenvalue weighted by Crippen LogP contribution is -2.26. The molecule has 0 radical (unpaired) electrons. The summed E-state index contributed by atoms with van der Waals surface area (Å²) in [6, 6.07) is 3.71. The molecule has 0 saturated heterocycles. The molecule has 0 aliphatic heterocycles. The minimum atomic E-state index is -0.533. The molecule has 0 aromatic heterocycles. The highest BCUT2D eigenvalue weighted by molar-refractivity contribution is 6.18. The number of benzene rings is 1. The quantitative estimate of drug-likeness (QED) is 0.807. The average Bonchev–Trinajstić information content (AvgIpc) is 2.79. The summed E-state index contributed by atoms with van der Waals surface area (Å²) in [7, 11) is 0. The van der Waals surface area contributed by atoms with Crippen LogP contribution in [0.15, 0.2) is 18.2 Å². The second kappa shape index (κ2) is 6.48. The van der Waals surface area contributed by atoms with Crippen LogP contribution in [0.3, 0.4) is 0 Å². The zero-order chi connectivity index (χ0) is 13.0. The number of rotatable bonds is 5. The first kappa shape index (κ1) is 13.8. The van der Waals surface area contributed by atoms with Crippen molar-refractivity contribution in [2.75, 3.05) is 12.4 Å². The van der Waals surface area contributed by atoms with Crippen LogP contribution in [0, 0.1) is 23.5 Å². The molecule has 1 aromatic rings. The van der Waals surface area contributed by atoms with Crippen LogP contribution in [0.2, 0.25) is 0 Å². The van der Waals surface area contributed by atoms with Crippen LogP contribution < -0.4 is 5.32 Å². The Morgan fingerprint density at radius 3 is 2.72 bits per heavy atom. The molecular formula is C14H18ClF2N. The van der Waals surface area contributed by atoms with E-state index in [0.717, 1.165) is 12.6 Å². The molecule has 2 unspecified atom stereocenters. The molecule has 0 bridgehead atoms. The molecular weight excluding hydrogens is 256 g/mol. The van der Waals surface area contributed by atoms with Crippen molar-refractivity contribution in [3.63, 3.8) is 0 Å². The second-order valence-electron chi connectivity index (χ2n) is 4.97. The fourth-order valence-corrected chi connectivity index (χ4v) is 3.05. The fourth-order valence-electron chi connectivity index (χ4n) is 2.64. The molecule has 1 nitrogen and oxygen atoms in total. The van der Waals surface area contributed by atoms with Crippen molar-refractivity contribution in [1.29, 1.82) is 0 Å². The lowest BCUT2D eigenvalue weighted by molar-refractivity contribution is 0.394. The normalized spacial score (nSPS) is 23.5. The van der Waals surface area contributed by atoms with Gasteiger partial charge in [-0.1, -0.05) is 12.5 Å². The number of hydrogen-bond donors (Lipinski definition) is 1. The summed E-state index contributed by atoms with van der Waals surface area (Å²) in [6.45, 7) is 1.30. The molecule has 0 heterocycles. The van der Waals surface area contributed by atoms with E-state index in [1.807, 2.05) is 0 Å². The average molecular weight is 274 g/mol. The van der Waals surface area contributed by atoms with Gasteiger partial charge in [0.1, 0.15) is 11.6 Å². The summed E-state index contributed by atoms with van der Waals surface area (Å²) >= 11 is 5.91. The lowest BCUT2D eigenvalue weighted by atomic mass is 9.98. The summed E-state index contributed by atoms with van der Waals surface area (Å²) in [4.78, 5) is 0. The first-order valence-electron chi connectivity index (χ1n) is 6.41. The Kier molecular flexibility index (Phi) is 4.95. The third kappa shape index (κ3) is 3.42. The van der Waals surface area contributed by atoms with Crippen molar-refractivity contribution in [1.82, 2.24) is 5.32 Å². The van der Waals surface area contributed by atoms with Gasteiger partial charge in [0.2, 0.25) is 0 Å². The van der Waals surface area contributed by atoms with Gasteiger partial charge in [-0.05, 0) is 37.3 Å². The molecule has 1 saturated carbocycles. The van der Waals surface area contributed by atoms with Gasteiger partial charge in [0.25, 0.3) is 0 Å². The summed E-state index contributed by atoms with van der Waals surface area (Å²) < 4.78 is 26.1. The van der Waals surface area contributed by atoms with Gasteiger partial charge in [0.15, 0.2) is 0 Å². The molecule has 4 heteroatoms. The maximum absolute atomic E-state index is 13.4. The van der Waals surface area contributed by atoms with E-state index in [2.05, 4.69) is 5.32 Å². The van der Waals surface area contributed by atoms with Crippen molar-refractivity contribution in [2.24, 2.45) is 11.8 Å². The Balaban J connectivity index is 1.81. The predicted octanol–water partition coefficient (Wildman–Crippen LogP) is 3.71. The largest absolute Gasteiger partial charge is 0.312 e. The number of hydrogen-bond acceptors (Lipinski definition) is 1. The van der Waals surface area contributed by atoms with Crippen LogP contribution >= 0.6 is 11.6 Å². The minimum Gasteiger partial charge on any atom is -0.312 e. The van der Waals surface area contributed by atoms with E-state index in [1.54, 1.807) is 0 Å². The molecule has 1 fully saturated rings. The highest BCUT2D eigenvalue weighted by atomic mass is 35.5. The minimum absolute atomic E-state index is 0.442. The van der Waals surface area contributed by atoms with E-state index >= 15 is 0 Å².